The van der Waals surface area contributed by atoms with E-state index in [1.54, 1.807) is 0 Å². The first-order valence-electron chi connectivity index (χ1n) is 22.6. The average molecular weight is 822 g/mol. The van der Waals surface area contributed by atoms with E-state index >= 15 is 0 Å². The smallest absolute Gasteiger partial charge is 0.104 e. The summed E-state index contributed by atoms with van der Waals surface area (Å²) in [4.78, 5) is 0. The molecule has 1 heterocycles. The van der Waals surface area contributed by atoms with Crippen molar-refractivity contribution in [1.29, 1.82) is 0 Å². The Labute approximate surface area is 374 Å². The Morgan fingerprint density at radius 1 is 0.391 bits per heavy atom. The van der Waals surface area contributed by atoms with E-state index in [9.17, 15) is 5.11 Å². The fourth-order valence-electron chi connectivity index (χ4n) is 10.9. The number of fused-ring (bicyclic) bond motifs is 8. The second-order valence-corrected chi connectivity index (χ2v) is 17.7. The van der Waals surface area contributed by atoms with Crippen molar-refractivity contribution in [3.05, 3.63) is 268 Å². The first kappa shape index (κ1) is 38.2. The molecular formula is C62H47NO. The van der Waals surface area contributed by atoms with E-state index in [-0.39, 0.29) is 17.8 Å². The Hall–Kier alpha value is -7.52. The second kappa shape index (κ2) is 15.4. The van der Waals surface area contributed by atoms with Crippen molar-refractivity contribution in [2.45, 2.75) is 37.7 Å². The van der Waals surface area contributed by atoms with Gasteiger partial charge in [0.15, 0.2) is 0 Å². The molecular weight excluding hydrogens is 775 g/mol. The van der Waals surface area contributed by atoms with Crippen LogP contribution in [0.25, 0.3) is 60.2 Å². The first-order chi connectivity index (χ1) is 31.5. The highest BCUT2D eigenvalue weighted by Crippen LogP contribution is 2.50. The summed E-state index contributed by atoms with van der Waals surface area (Å²) in [5.41, 5.74) is 17.0. The largest absolute Gasteiger partial charge is 0.384 e. The molecule has 2 nitrogen and oxygen atoms in total. The molecule has 0 bridgehead atoms. The van der Waals surface area contributed by atoms with Crippen LogP contribution in [0.15, 0.2) is 218 Å². The van der Waals surface area contributed by atoms with E-state index in [0.717, 1.165) is 16.8 Å². The summed E-state index contributed by atoms with van der Waals surface area (Å²) in [5, 5.41) is 19.4. The van der Waals surface area contributed by atoms with Gasteiger partial charge in [-0.25, -0.2) is 0 Å². The molecule has 1 aliphatic carbocycles. The SMILES string of the molecule is CC(c1ccc2c(c1)-c1cc(C(C)c3cccc4ccccc34)ccc1C2c1ccc(C(O)c2ccc(-n3c4ccccc4c4ccccc43)cc2)cc1)c1cccc2ccccc12. The van der Waals surface area contributed by atoms with E-state index in [1.165, 1.54) is 93.4 Å². The number of hydrogen-bond acceptors (Lipinski definition) is 1. The lowest BCUT2D eigenvalue weighted by Crippen LogP contribution is -2.04. The summed E-state index contributed by atoms with van der Waals surface area (Å²) in [6.07, 6.45) is -0.749. The number of aliphatic hydroxyl groups is 1. The maximum Gasteiger partial charge on any atom is 0.104 e. The van der Waals surface area contributed by atoms with Gasteiger partial charge in [0, 0.05) is 34.2 Å². The zero-order chi connectivity index (χ0) is 42.9. The monoisotopic (exact) mass is 821 g/mol. The lowest BCUT2D eigenvalue weighted by molar-refractivity contribution is 0.220. The summed E-state index contributed by atoms with van der Waals surface area (Å²) in [7, 11) is 0. The third-order valence-corrected chi connectivity index (χ3v) is 14.3. The van der Waals surface area contributed by atoms with Crippen molar-refractivity contribution < 1.29 is 5.11 Å². The highest BCUT2D eigenvalue weighted by atomic mass is 16.3. The van der Waals surface area contributed by atoms with Gasteiger partial charge in [-0.05, 0) is 107 Å². The number of hydrogen-bond donors (Lipinski definition) is 1. The highest BCUT2D eigenvalue weighted by Gasteiger charge is 2.32. The highest BCUT2D eigenvalue weighted by molar-refractivity contribution is 6.09. The fraction of sp³-hybridized carbons (Fsp3) is 0.0968. The topological polar surface area (TPSA) is 25.2 Å². The van der Waals surface area contributed by atoms with E-state index in [4.69, 9.17) is 0 Å². The van der Waals surface area contributed by atoms with Crippen molar-refractivity contribution >= 4 is 43.4 Å². The summed E-state index contributed by atoms with van der Waals surface area (Å²) in [6.45, 7) is 4.69. The molecule has 1 N–H and O–H groups in total. The first-order valence-corrected chi connectivity index (χ1v) is 22.6. The zero-order valence-electron chi connectivity index (χ0n) is 36.0. The van der Waals surface area contributed by atoms with E-state index in [1.807, 2.05) is 0 Å². The minimum Gasteiger partial charge on any atom is -0.384 e. The van der Waals surface area contributed by atoms with Crippen LogP contribution in [0.3, 0.4) is 0 Å². The lowest BCUT2D eigenvalue weighted by Gasteiger charge is -2.19. The van der Waals surface area contributed by atoms with Crippen LogP contribution in [-0.2, 0) is 0 Å². The summed E-state index contributed by atoms with van der Waals surface area (Å²) >= 11 is 0. The molecule has 306 valence electrons. The van der Waals surface area contributed by atoms with Gasteiger partial charge in [-0.3, -0.25) is 0 Å². The van der Waals surface area contributed by atoms with Gasteiger partial charge in [-0.2, -0.15) is 0 Å². The molecule has 0 radical (unpaired) electrons. The Balaban J connectivity index is 0.901. The number of para-hydroxylation sites is 2. The van der Waals surface area contributed by atoms with Gasteiger partial charge in [0.2, 0.25) is 0 Å². The Bertz CT molecular complexity index is 3360. The third kappa shape index (κ3) is 6.20. The predicted octanol–water partition coefficient (Wildman–Crippen LogP) is 15.6. The molecule has 0 saturated heterocycles. The van der Waals surface area contributed by atoms with Gasteiger partial charge in [-0.1, -0.05) is 208 Å². The number of aromatic nitrogens is 1. The van der Waals surface area contributed by atoms with Gasteiger partial charge in [0.05, 0.1) is 11.0 Å². The molecule has 64 heavy (non-hydrogen) atoms. The summed E-state index contributed by atoms with van der Waals surface area (Å²) < 4.78 is 2.31. The van der Waals surface area contributed by atoms with Crippen LogP contribution in [0.1, 0.15) is 87.8 Å². The Morgan fingerprint density at radius 3 is 1.30 bits per heavy atom. The molecule has 0 spiro atoms. The van der Waals surface area contributed by atoms with Crippen molar-refractivity contribution in [1.82, 2.24) is 4.57 Å². The lowest BCUT2D eigenvalue weighted by atomic mass is 9.85. The maximum atomic E-state index is 11.8. The van der Waals surface area contributed by atoms with Gasteiger partial charge < -0.3 is 9.67 Å². The molecule has 2 heteroatoms. The Kier molecular flexibility index (Phi) is 9.17. The quantitative estimate of drug-likeness (QED) is 0.162. The van der Waals surface area contributed by atoms with Crippen LogP contribution >= 0.6 is 0 Å². The van der Waals surface area contributed by atoms with Crippen LogP contribution in [0.5, 0.6) is 0 Å². The van der Waals surface area contributed by atoms with Gasteiger partial charge in [0.1, 0.15) is 6.10 Å². The minimum absolute atomic E-state index is 0.0746. The number of rotatable bonds is 8. The summed E-state index contributed by atoms with van der Waals surface area (Å²) in [5.74, 6) is 0.507. The van der Waals surface area contributed by atoms with E-state index in [0.29, 0.717) is 0 Å². The molecule has 11 aromatic rings. The van der Waals surface area contributed by atoms with Crippen LogP contribution < -0.4 is 0 Å². The van der Waals surface area contributed by atoms with E-state index in [2.05, 4.69) is 237 Å². The molecule has 1 aromatic heterocycles. The molecule has 1 aliphatic rings. The van der Waals surface area contributed by atoms with Crippen LogP contribution in [0, 0.1) is 0 Å². The molecule has 10 aromatic carbocycles. The standard InChI is InChI=1S/C62H47NO/c1-39(49-21-11-15-41-13-3-5-17-51(41)49)46-31-35-55-57(37-46)58-38-47(40(2)50-22-12-16-42-14-4-6-18-52(42)50)32-36-56(58)61(55)43-25-27-44(28-26-43)62(64)45-29-33-48(34-30-45)63-59-23-9-7-19-53(59)54-20-8-10-24-60(54)63/h3-40,61-62,64H,1-2H3. The van der Waals surface area contributed by atoms with Gasteiger partial charge in [-0.15, -0.1) is 0 Å². The minimum atomic E-state index is -0.749. The second-order valence-electron chi connectivity index (χ2n) is 17.7. The Morgan fingerprint density at radius 2 is 0.797 bits per heavy atom. The van der Waals surface area contributed by atoms with Gasteiger partial charge >= 0.3 is 0 Å². The number of nitrogens with zero attached hydrogens (tertiary/aromatic N) is 1. The van der Waals surface area contributed by atoms with E-state index < -0.39 is 6.10 Å². The summed E-state index contributed by atoms with van der Waals surface area (Å²) in [6, 6.07) is 79.5. The zero-order valence-corrected chi connectivity index (χ0v) is 36.0. The number of aliphatic hydroxyl groups excluding tert-OH is 1. The maximum absolute atomic E-state index is 11.8. The molecule has 3 unspecified atom stereocenters. The molecule has 0 saturated carbocycles. The molecule has 12 rings (SSSR count). The van der Waals surface area contributed by atoms with Crippen LogP contribution in [0.4, 0.5) is 0 Å². The molecule has 0 amide bonds. The molecule has 3 atom stereocenters. The molecule has 0 fully saturated rings. The van der Waals surface area contributed by atoms with Crippen LogP contribution in [-0.4, -0.2) is 9.67 Å². The molecule has 0 aliphatic heterocycles. The van der Waals surface area contributed by atoms with Crippen molar-refractivity contribution in [3.63, 3.8) is 0 Å². The average Bonchev–Trinajstić information content (AvgIpc) is 3.87. The van der Waals surface area contributed by atoms with Crippen LogP contribution in [0.2, 0.25) is 0 Å². The van der Waals surface area contributed by atoms with Crippen molar-refractivity contribution in [2.24, 2.45) is 0 Å². The van der Waals surface area contributed by atoms with Crippen molar-refractivity contribution in [2.75, 3.05) is 0 Å². The predicted molar refractivity (Wildman–Crippen MR) is 267 cm³/mol. The third-order valence-electron chi connectivity index (χ3n) is 14.3. The number of benzene rings is 10. The van der Waals surface area contributed by atoms with Crippen molar-refractivity contribution in [3.8, 4) is 16.8 Å². The normalized spacial score (nSPS) is 14.8. The fourth-order valence-corrected chi connectivity index (χ4v) is 10.9. The van der Waals surface area contributed by atoms with Gasteiger partial charge in [0.25, 0.3) is 0 Å².